The number of carbonyl (C=O) groups is 2. The van der Waals surface area contributed by atoms with Gasteiger partial charge >= 0.3 is 0 Å². The Morgan fingerprint density at radius 3 is 2.50 bits per heavy atom. The van der Waals surface area contributed by atoms with E-state index in [0.29, 0.717) is 26.2 Å². The lowest BCUT2D eigenvalue weighted by Crippen LogP contribution is -2.61. The normalized spacial score (nSPS) is 24.1. The molecule has 154 valence electrons. The van der Waals surface area contributed by atoms with Gasteiger partial charge in [-0.05, 0) is 6.42 Å². The number of aromatic nitrogens is 2. The first-order valence-electron chi connectivity index (χ1n) is 9.61. The molecule has 2 amide bonds. The smallest absolute Gasteiger partial charge is 0.250 e. The van der Waals surface area contributed by atoms with Gasteiger partial charge in [0.1, 0.15) is 19.0 Å². The molecule has 3 aliphatic rings. The monoisotopic (exact) mass is 396 g/mol. The Morgan fingerprint density at radius 2 is 1.89 bits per heavy atom. The Kier molecular flexibility index (Phi) is 4.48. The number of nitrogens with zero attached hydrogens (tertiary/aromatic N) is 4. The molecule has 7 nitrogen and oxygen atoms in total. The van der Waals surface area contributed by atoms with Crippen LogP contribution in [0.3, 0.4) is 0 Å². The lowest BCUT2D eigenvalue weighted by atomic mass is 9.66. The maximum atomic E-state index is 13.2. The number of imidazole rings is 1. The second-order valence-electron chi connectivity index (χ2n) is 8.94. The van der Waals surface area contributed by atoms with Crippen LogP contribution in [0, 0.1) is 10.8 Å². The van der Waals surface area contributed by atoms with Crippen molar-refractivity contribution >= 4 is 11.8 Å². The summed E-state index contributed by atoms with van der Waals surface area (Å²) in [4.78, 5) is 32.5. The fourth-order valence-corrected chi connectivity index (χ4v) is 4.79. The minimum atomic E-state index is -2.71. The molecule has 28 heavy (non-hydrogen) atoms. The van der Waals surface area contributed by atoms with Crippen molar-refractivity contribution in [1.29, 1.82) is 0 Å². The summed E-state index contributed by atoms with van der Waals surface area (Å²) in [5.41, 5.74) is -1.03. The second kappa shape index (κ2) is 6.50. The van der Waals surface area contributed by atoms with Gasteiger partial charge in [0.15, 0.2) is 0 Å². The molecular weight excluding hydrogens is 370 g/mol. The maximum Gasteiger partial charge on any atom is 0.250 e. The Bertz CT molecular complexity index is 780. The predicted molar refractivity (Wildman–Crippen MR) is 95.4 cm³/mol. The van der Waals surface area contributed by atoms with Crippen molar-refractivity contribution in [2.75, 3.05) is 32.8 Å². The zero-order valence-corrected chi connectivity index (χ0v) is 16.3. The molecule has 1 aliphatic carbocycles. The third-order valence-corrected chi connectivity index (χ3v) is 6.32. The van der Waals surface area contributed by atoms with Crippen LogP contribution in [0.15, 0.2) is 12.4 Å². The average molecular weight is 396 g/mol. The van der Waals surface area contributed by atoms with Gasteiger partial charge in [0.05, 0.1) is 5.41 Å². The van der Waals surface area contributed by atoms with Crippen LogP contribution >= 0.6 is 0 Å². The standard InChI is InChI=1S/C19H26F2N4O3/c1-17(9-19(20,21)10-17)16(27)24-5-3-18(11-24)12-25(13-18)15(26)8-28-7-14-22-4-6-23(14)2/h4,6H,3,5,7-13H2,1-2H3. The fourth-order valence-electron chi connectivity index (χ4n) is 4.79. The Morgan fingerprint density at radius 1 is 1.21 bits per heavy atom. The van der Waals surface area contributed by atoms with Crippen molar-refractivity contribution in [2.24, 2.45) is 17.9 Å². The van der Waals surface area contributed by atoms with E-state index < -0.39 is 11.3 Å². The molecule has 0 atom stereocenters. The van der Waals surface area contributed by atoms with Crippen LogP contribution < -0.4 is 0 Å². The third-order valence-electron chi connectivity index (χ3n) is 6.32. The summed E-state index contributed by atoms with van der Waals surface area (Å²) in [5, 5.41) is 0. The zero-order chi connectivity index (χ0) is 20.2. The topological polar surface area (TPSA) is 67.7 Å². The summed E-state index contributed by atoms with van der Waals surface area (Å²) < 4.78 is 33.8. The van der Waals surface area contributed by atoms with Crippen molar-refractivity contribution < 1.29 is 23.1 Å². The number of amides is 2. The molecule has 0 unspecified atom stereocenters. The summed E-state index contributed by atoms with van der Waals surface area (Å²) in [6.07, 6.45) is 3.58. The Hall–Kier alpha value is -2.03. The van der Waals surface area contributed by atoms with Gasteiger partial charge in [-0.25, -0.2) is 13.8 Å². The molecule has 0 bridgehead atoms. The van der Waals surface area contributed by atoms with Crippen LogP contribution in [0.4, 0.5) is 8.78 Å². The van der Waals surface area contributed by atoms with Crippen LogP contribution in [0.1, 0.15) is 32.0 Å². The van der Waals surface area contributed by atoms with E-state index in [-0.39, 0.29) is 43.3 Å². The summed E-state index contributed by atoms with van der Waals surface area (Å²) in [6.45, 7) is 4.22. The van der Waals surface area contributed by atoms with Gasteiger partial charge < -0.3 is 19.1 Å². The van der Waals surface area contributed by atoms with Gasteiger partial charge in [-0.15, -0.1) is 0 Å². The van der Waals surface area contributed by atoms with Crippen molar-refractivity contribution in [3.8, 4) is 0 Å². The van der Waals surface area contributed by atoms with Crippen LogP contribution in [0.5, 0.6) is 0 Å². The molecule has 4 rings (SSSR count). The number of rotatable bonds is 5. The first kappa shape index (κ1) is 19.3. The minimum Gasteiger partial charge on any atom is -0.364 e. The first-order valence-corrected chi connectivity index (χ1v) is 9.61. The van der Waals surface area contributed by atoms with Gasteiger partial charge in [-0.3, -0.25) is 9.59 Å². The number of alkyl halides is 2. The number of ether oxygens (including phenoxy) is 1. The number of carbonyl (C=O) groups excluding carboxylic acids is 2. The number of aryl methyl sites for hydroxylation is 1. The van der Waals surface area contributed by atoms with Gasteiger partial charge in [-0.2, -0.15) is 0 Å². The molecule has 9 heteroatoms. The lowest BCUT2D eigenvalue weighted by Gasteiger charge is -2.49. The van der Waals surface area contributed by atoms with Crippen molar-refractivity contribution in [1.82, 2.24) is 19.4 Å². The molecule has 2 aliphatic heterocycles. The quantitative estimate of drug-likeness (QED) is 0.755. The highest BCUT2D eigenvalue weighted by Gasteiger charge is 2.60. The summed E-state index contributed by atoms with van der Waals surface area (Å²) in [6, 6.07) is 0. The molecule has 2 saturated heterocycles. The highest BCUT2D eigenvalue weighted by atomic mass is 19.3. The van der Waals surface area contributed by atoms with Gasteiger partial charge in [0.2, 0.25) is 17.7 Å². The lowest BCUT2D eigenvalue weighted by molar-refractivity contribution is -0.183. The molecular formula is C19H26F2N4O3. The van der Waals surface area contributed by atoms with E-state index in [1.165, 1.54) is 0 Å². The largest absolute Gasteiger partial charge is 0.364 e. The second-order valence-corrected chi connectivity index (χ2v) is 8.94. The van der Waals surface area contributed by atoms with Crippen LogP contribution in [0.2, 0.25) is 0 Å². The highest BCUT2D eigenvalue weighted by Crippen LogP contribution is 2.53. The molecule has 1 aromatic rings. The van der Waals surface area contributed by atoms with Crippen LogP contribution in [-0.2, 0) is 28.0 Å². The predicted octanol–water partition coefficient (Wildman–Crippen LogP) is 1.43. The average Bonchev–Trinajstić information content (AvgIpc) is 3.17. The van der Waals surface area contributed by atoms with E-state index in [0.717, 1.165) is 12.2 Å². The number of likely N-dealkylation sites (tertiary alicyclic amines) is 2. The van der Waals surface area contributed by atoms with E-state index >= 15 is 0 Å². The maximum absolute atomic E-state index is 13.2. The third kappa shape index (κ3) is 3.40. The van der Waals surface area contributed by atoms with Gasteiger partial charge in [0, 0.05) is 63.9 Å². The summed E-state index contributed by atoms with van der Waals surface area (Å²) in [5.74, 6) is -2.20. The fraction of sp³-hybridized carbons (Fsp3) is 0.737. The number of hydrogen-bond donors (Lipinski definition) is 0. The van der Waals surface area contributed by atoms with Crippen LogP contribution in [-0.4, -0.2) is 69.9 Å². The van der Waals surface area contributed by atoms with E-state index in [1.54, 1.807) is 22.9 Å². The van der Waals surface area contributed by atoms with Gasteiger partial charge in [-0.1, -0.05) is 6.92 Å². The van der Waals surface area contributed by atoms with Crippen molar-refractivity contribution in [2.45, 2.75) is 38.7 Å². The van der Waals surface area contributed by atoms with E-state index in [4.69, 9.17) is 4.74 Å². The van der Waals surface area contributed by atoms with Gasteiger partial charge in [0.25, 0.3) is 0 Å². The first-order chi connectivity index (χ1) is 13.1. The number of hydrogen-bond acceptors (Lipinski definition) is 4. The Balaban J connectivity index is 1.22. The van der Waals surface area contributed by atoms with Crippen LogP contribution in [0.25, 0.3) is 0 Å². The molecule has 3 heterocycles. The molecule has 1 spiro atoms. The van der Waals surface area contributed by atoms with Crippen molar-refractivity contribution in [3.05, 3.63) is 18.2 Å². The Labute approximate surface area is 162 Å². The SMILES string of the molecule is Cn1ccnc1COCC(=O)N1CC2(CCN(C(=O)C3(C)CC(F)(F)C3)C2)C1. The van der Waals surface area contributed by atoms with Crippen molar-refractivity contribution in [3.63, 3.8) is 0 Å². The summed E-state index contributed by atoms with van der Waals surface area (Å²) >= 11 is 0. The number of halogens is 2. The minimum absolute atomic E-state index is 0.00125. The van der Waals surface area contributed by atoms with E-state index in [9.17, 15) is 18.4 Å². The molecule has 1 saturated carbocycles. The highest BCUT2D eigenvalue weighted by molar-refractivity contribution is 5.84. The van der Waals surface area contributed by atoms with E-state index in [2.05, 4.69) is 4.98 Å². The molecule has 3 fully saturated rings. The molecule has 0 aromatic carbocycles. The molecule has 0 radical (unpaired) electrons. The molecule has 1 aromatic heterocycles. The zero-order valence-electron chi connectivity index (χ0n) is 16.3. The van der Waals surface area contributed by atoms with E-state index in [1.807, 2.05) is 17.8 Å². The summed E-state index contributed by atoms with van der Waals surface area (Å²) in [7, 11) is 1.87. The molecule has 0 N–H and O–H groups in total.